The van der Waals surface area contributed by atoms with Crippen LogP contribution in [0.15, 0.2) is 29.3 Å². The van der Waals surface area contributed by atoms with Crippen LogP contribution in [0, 0.1) is 0 Å². The van der Waals surface area contributed by atoms with Gasteiger partial charge in [0.2, 0.25) is 0 Å². The van der Waals surface area contributed by atoms with E-state index >= 15 is 0 Å². The number of benzene rings is 1. The Morgan fingerprint density at radius 2 is 1.72 bits per heavy atom. The molecule has 4 heteroatoms. The maximum atomic E-state index is 4.24. The molecule has 1 aromatic rings. The van der Waals surface area contributed by atoms with Gasteiger partial charge in [-0.15, -0.1) is 24.0 Å². The molecule has 18 heavy (non-hydrogen) atoms. The molecular weight excluding hydrogens is 337 g/mol. The molecule has 0 aliphatic heterocycles. The first kappa shape index (κ1) is 17.2. The zero-order valence-electron chi connectivity index (χ0n) is 11.7. The van der Waals surface area contributed by atoms with E-state index in [0.29, 0.717) is 0 Å². The third kappa shape index (κ3) is 5.25. The highest BCUT2D eigenvalue weighted by Crippen LogP contribution is 2.07. The van der Waals surface area contributed by atoms with Gasteiger partial charge in [-0.05, 0) is 24.5 Å². The number of nitrogens with zero attached hydrogens (tertiary/aromatic N) is 2. The maximum absolute atomic E-state index is 4.24. The van der Waals surface area contributed by atoms with E-state index in [1.165, 1.54) is 11.1 Å². The first-order chi connectivity index (χ1) is 8.21. The Bertz CT molecular complexity index is 360. The number of nitrogens with one attached hydrogen (secondary N) is 1. The van der Waals surface area contributed by atoms with Crippen molar-refractivity contribution in [3.05, 3.63) is 35.4 Å². The number of aliphatic imine (C=N–C) groups is 1. The molecule has 0 heterocycles. The van der Waals surface area contributed by atoms with Crippen molar-refractivity contribution in [3.63, 3.8) is 0 Å². The number of aryl methyl sites for hydroxylation is 1. The van der Waals surface area contributed by atoms with Crippen LogP contribution in [0.2, 0.25) is 0 Å². The van der Waals surface area contributed by atoms with Crippen LogP contribution in [-0.4, -0.2) is 31.5 Å². The zero-order chi connectivity index (χ0) is 12.7. The van der Waals surface area contributed by atoms with E-state index < -0.39 is 0 Å². The maximum Gasteiger partial charge on any atom is 0.193 e. The summed E-state index contributed by atoms with van der Waals surface area (Å²) >= 11 is 0. The molecule has 3 nitrogen and oxygen atoms in total. The summed E-state index contributed by atoms with van der Waals surface area (Å²) < 4.78 is 0. The molecule has 0 saturated carbocycles. The van der Waals surface area contributed by atoms with E-state index in [0.717, 1.165) is 25.5 Å². The molecule has 0 aliphatic carbocycles. The van der Waals surface area contributed by atoms with E-state index in [-0.39, 0.29) is 24.0 Å². The van der Waals surface area contributed by atoms with E-state index in [9.17, 15) is 0 Å². The molecule has 0 aliphatic rings. The monoisotopic (exact) mass is 361 g/mol. The molecule has 0 unspecified atom stereocenters. The first-order valence-electron chi connectivity index (χ1n) is 6.20. The van der Waals surface area contributed by atoms with Crippen LogP contribution in [0.25, 0.3) is 0 Å². The third-order valence-electron chi connectivity index (χ3n) is 2.76. The molecule has 0 amide bonds. The predicted octanol–water partition coefficient (Wildman–Crippen LogP) is 2.89. The van der Waals surface area contributed by atoms with Crippen molar-refractivity contribution in [1.29, 1.82) is 0 Å². The standard InChI is InChI=1S/C14H23N3.HI/c1-5-12-7-9-13(10-8-12)11-17(4)14(15-3)16-6-2;/h7-10H,5-6,11H2,1-4H3,(H,15,16);1H. The van der Waals surface area contributed by atoms with Crippen LogP contribution in [0.1, 0.15) is 25.0 Å². The fourth-order valence-electron chi connectivity index (χ4n) is 1.77. The van der Waals surface area contributed by atoms with E-state index in [2.05, 4.69) is 60.4 Å². The summed E-state index contributed by atoms with van der Waals surface area (Å²) in [6.07, 6.45) is 1.09. The van der Waals surface area contributed by atoms with Crippen LogP contribution in [0.3, 0.4) is 0 Å². The Kier molecular flexibility index (Phi) is 8.79. The number of halogens is 1. The fourth-order valence-corrected chi connectivity index (χ4v) is 1.77. The van der Waals surface area contributed by atoms with Gasteiger partial charge in [0.15, 0.2) is 5.96 Å². The summed E-state index contributed by atoms with van der Waals surface area (Å²) in [6.45, 7) is 6.03. The summed E-state index contributed by atoms with van der Waals surface area (Å²) in [5.74, 6) is 0.937. The molecule has 0 spiro atoms. The molecule has 0 fully saturated rings. The second kappa shape index (κ2) is 9.19. The second-order valence-electron chi connectivity index (χ2n) is 4.10. The highest BCUT2D eigenvalue weighted by Gasteiger charge is 2.04. The lowest BCUT2D eigenvalue weighted by Gasteiger charge is -2.21. The van der Waals surface area contributed by atoms with Gasteiger partial charge in [-0.2, -0.15) is 0 Å². The van der Waals surface area contributed by atoms with Gasteiger partial charge < -0.3 is 10.2 Å². The topological polar surface area (TPSA) is 27.6 Å². The van der Waals surface area contributed by atoms with Crippen LogP contribution in [-0.2, 0) is 13.0 Å². The van der Waals surface area contributed by atoms with Gasteiger partial charge in [0, 0.05) is 27.2 Å². The van der Waals surface area contributed by atoms with Crippen molar-refractivity contribution in [1.82, 2.24) is 10.2 Å². The Hall–Kier alpha value is -0.780. The van der Waals surface area contributed by atoms with Crippen LogP contribution in [0.4, 0.5) is 0 Å². The van der Waals surface area contributed by atoms with Crippen molar-refractivity contribution < 1.29 is 0 Å². The largest absolute Gasteiger partial charge is 0.357 e. The van der Waals surface area contributed by atoms with Gasteiger partial charge >= 0.3 is 0 Å². The second-order valence-corrected chi connectivity index (χ2v) is 4.10. The average molecular weight is 361 g/mol. The number of hydrogen-bond acceptors (Lipinski definition) is 1. The summed E-state index contributed by atoms with van der Waals surface area (Å²) in [5.41, 5.74) is 2.69. The van der Waals surface area contributed by atoms with Crippen LogP contribution in [0.5, 0.6) is 0 Å². The van der Waals surface area contributed by atoms with Crippen molar-refractivity contribution in [2.75, 3.05) is 20.6 Å². The first-order valence-corrected chi connectivity index (χ1v) is 6.20. The van der Waals surface area contributed by atoms with Gasteiger partial charge in [0.1, 0.15) is 0 Å². The smallest absolute Gasteiger partial charge is 0.193 e. The molecule has 0 aromatic heterocycles. The van der Waals surface area contributed by atoms with Crippen molar-refractivity contribution in [3.8, 4) is 0 Å². The Morgan fingerprint density at radius 3 is 2.17 bits per heavy atom. The van der Waals surface area contributed by atoms with E-state index in [4.69, 9.17) is 0 Å². The van der Waals surface area contributed by atoms with Crippen molar-refractivity contribution in [2.24, 2.45) is 4.99 Å². The number of hydrogen-bond donors (Lipinski definition) is 1. The number of rotatable bonds is 4. The predicted molar refractivity (Wildman–Crippen MR) is 89.7 cm³/mol. The molecular formula is C14H24IN3. The molecule has 0 radical (unpaired) electrons. The normalized spacial score (nSPS) is 10.8. The van der Waals surface area contributed by atoms with Gasteiger partial charge in [-0.3, -0.25) is 4.99 Å². The Balaban J connectivity index is 0.00000289. The summed E-state index contributed by atoms with van der Waals surface area (Å²) in [7, 11) is 3.87. The number of guanidine groups is 1. The minimum Gasteiger partial charge on any atom is -0.357 e. The van der Waals surface area contributed by atoms with Gasteiger partial charge in [0.25, 0.3) is 0 Å². The highest BCUT2D eigenvalue weighted by atomic mass is 127. The molecule has 1 aromatic carbocycles. The van der Waals surface area contributed by atoms with Crippen LogP contribution < -0.4 is 5.32 Å². The van der Waals surface area contributed by atoms with Gasteiger partial charge in [-0.25, -0.2) is 0 Å². The molecule has 1 N–H and O–H groups in total. The fraction of sp³-hybridized carbons (Fsp3) is 0.500. The molecule has 0 atom stereocenters. The minimum absolute atomic E-state index is 0. The Morgan fingerprint density at radius 1 is 1.17 bits per heavy atom. The Labute approximate surface area is 128 Å². The van der Waals surface area contributed by atoms with E-state index in [1.807, 2.05) is 7.05 Å². The highest BCUT2D eigenvalue weighted by molar-refractivity contribution is 14.0. The minimum atomic E-state index is 0. The van der Waals surface area contributed by atoms with Gasteiger partial charge in [0.05, 0.1) is 0 Å². The molecule has 0 saturated heterocycles. The summed E-state index contributed by atoms with van der Waals surface area (Å²) in [4.78, 5) is 6.37. The zero-order valence-corrected chi connectivity index (χ0v) is 14.1. The third-order valence-corrected chi connectivity index (χ3v) is 2.76. The molecule has 1 rings (SSSR count). The van der Waals surface area contributed by atoms with Crippen molar-refractivity contribution >= 4 is 29.9 Å². The quantitative estimate of drug-likeness (QED) is 0.507. The molecule has 0 bridgehead atoms. The van der Waals surface area contributed by atoms with E-state index in [1.54, 1.807) is 0 Å². The summed E-state index contributed by atoms with van der Waals surface area (Å²) in [5, 5.41) is 3.25. The average Bonchev–Trinajstić information content (AvgIpc) is 2.36. The van der Waals surface area contributed by atoms with Crippen molar-refractivity contribution in [2.45, 2.75) is 26.8 Å². The molecule has 102 valence electrons. The lowest BCUT2D eigenvalue weighted by atomic mass is 10.1. The summed E-state index contributed by atoms with van der Waals surface area (Å²) in [6, 6.07) is 8.77. The SMILES string of the molecule is CCNC(=NC)N(C)Cc1ccc(CC)cc1.I. The lowest BCUT2D eigenvalue weighted by Crippen LogP contribution is -2.38. The lowest BCUT2D eigenvalue weighted by molar-refractivity contribution is 0.479. The van der Waals surface area contributed by atoms with Crippen LogP contribution >= 0.6 is 24.0 Å². The van der Waals surface area contributed by atoms with Gasteiger partial charge in [-0.1, -0.05) is 31.2 Å².